The van der Waals surface area contributed by atoms with Crippen molar-refractivity contribution in [2.75, 3.05) is 18.0 Å². The van der Waals surface area contributed by atoms with Gasteiger partial charge in [-0.25, -0.2) is 4.98 Å². The number of anilines is 1. The van der Waals surface area contributed by atoms with Crippen LogP contribution < -0.4 is 10.2 Å². The van der Waals surface area contributed by atoms with Crippen molar-refractivity contribution in [3.63, 3.8) is 0 Å². The summed E-state index contributed by atoms with van der Waals surface area (Å²) >= 11 is 3.09. The van der Waals surface area contributed by atoms with E-state index in [1.54, 1.807) is 18.3 Å². The normalized spacial score (nSPS) is 18.9. The maximum atomic E-state index is 10.8. The van der Waals surface area contributed by atoms with Gasteiger partial charge in [-0.1, -0.05) is 31.0 Å². The van der Waals surface area contributed by atoms with Gasteiger partial charge in [-0.05, 0) is 12.8 Å². The third-order valence-electron chi connectivity index (χ3n) is 3.78. The second-order valence-electron chi connectivity index (χ2n) is 5.57. The van der Waals surface area contributed by atoms with Gasteiger partial charge in [-0.15, -0.1) is 11.3 Å². The average Bonchev–Trinajstić information content (AvgIpc) is 2.98. The highest BCUT2D eigenvalue weighted by molar-refractivity contribution is 8.14. The molecule has 2 heterocycles. The highest BCUT2D eigenvalue weighted by Crippen LogP contribution is 2.29. The smallest absolute Gasteiger partial charge is 0.207 e. The molecule has 1 amide bonds. The number of nitrogens with one attached hydrogen (secondary N) is 1. The van der Waals surface area contributed by atoms with Crippen LogP contribution in [0.2, 0.25) is 0 Å². The van der Waals surface area contributed by atoms with Crippen molar-refractivity contribution < 1.29 is 9.59 Å². The molecule has 0 atom stereocenters. The van der Waals surface area contributed by atoms with Gasteiger partial charge in [0.05, 0.1) is 0 Å². The van der Waals surface area contributed by atoms with Gasteiger partial charge in [0, 0.05) is 42.9 Å². The standard InChI is InChI=1S/C8H10N2OS2.C7H13NO/c1-6(11)13-7-4-10(5-7)8-9-2-3-12-8;9-6-8-7-4-2-1-3-5-7/h2-3,7H,4-5H2,1H3;6-7H,1-5H2,(H,8,9). The third-order valence-corrected chi connectivity index (χ3v) is 5.58. The molecule has 0 aromatic carbocycles. The summed E-state index contributed by atoms with van der Waals surface area (Å²) in [5.74, 6) is 0. The molecule has 0 spiro atoms. The van der Waals surface area contributed by atoms with Gasteiger partial charge < -0.3 is 10.2 Å². The van der Waals surface area contributed by atoms with Crippen LogP contribution in [0, 0.1) is 0 Å². The van der Waals surface area contributed by atoms with Crippen LogP contribution >= 0.6 is 23.1 Å². The molecule has 1 saturated carbocycles. The number of nitrogens with zero attached hydrogens (tertiary/aromatic N) is 2. The number of hydrogen-bond acceptors (Lipinski definition) is 6. The zero-order valence-corrected chi connectivity index (χ0v) is 14.5. The van der Waals surface area contributed by atoms with Crippen LogP contribution in [0.4, 0.5) is 5.13 Å². The van der Waals surface area contributed by atoms with E-state index in [1.807, 2.05) is 11.6 Å². The van der Waals surface area contributed by atoms with Crippen LogP contribution in [-0.2, 0) is 9.59 Å². The monoisotopic (exact) mass is 341 g/mol. The van der Waals surface area contributed by atoms with Crippen LogP contribution in [0.25, 0.3) is 0 Å². The summed E-state index contributed by atoms with van der Waals surface area (Å²) in [6, 6.07) is 0.483. The van der Waals surface area contributed by atoms with E-state index in [2.05, 4.69) is 15.2 Å². The first kappa shape index (κ1) is 17.3. The molecule has 0 bridgehead atoms. The SMILES string of the molecule is CC(=O)SC1CN(c2nccs2)C1.O=CNC1CCCCC1. The van der Waals surface area contributed by atoms with E-state index in [9.17, 15) is 9.59 Å². The molecule has 1 aliphatic carbocycles. The topological polar surface area (TPSA) is 62.3 Å². The molecular weight excluding hydrogens is 318 g/mol. The zero-order valence-electron chi connectivity index (χ0n) is 12.9. The molecule has 7 heteroatoms. The Kier molecular flexibility index (Phi) is 7.18. The fourth-order valence-corrected chi connectivity index (χ4v) is 4.28. The van der Waals surface area contributed by atoms with Crippen LogP contribution in [0.5, 0.6) is 0 Å². The lowest BCUT2D eigenvalue weighted by Crippen LogP contribution is -2.49. The number of carbonyl (C=O) groups excluding carboxylic acids is 2. The Bertz CT molecular complexity index is 455. The van der Waals surface area contributed by atoms with E-state index < -0.39 is 0 Å². The van der Waals surface area contributed by atoms with E-state index in [-0.39, 0.29) is 5.12 Å². The fraction of sp³-hybridized carbons (Fsp3) is 0.667. The number of rotatable bonds is 4. The Morgan fingerprint density at radius 2 is 2.14 bits per heavy atom. The number of thioether (sulfide) groups is 1. The Morgan fingerprint density at radius 1 is 1.41 bits per heavy atom. The minimum atomic E-state index is 0.212. The molecule has 1 saturated heterocycles. The average molecular weight is 342 g/mol. The van der Waals surface area contributed by atoms with Crippen molar-refractivity contribution in [3.05, 3.63) is 11.6 Å². The summed E-state index contributed by atoms with van der Waals surface area (Å²) in [6.45, 7) is 3.53. The minimum Gasteiger partial charge on any atom is -0.356 e. The van der Waals surface area contributed by atoms with Gasteiger partial charge in [-0.2, -0.15) is 0 Å². The molecule has 5 nitrogen and oxygen atoms in total. The van der Waals surface area contributed by atoms with Gasteiger partial charge >= 0.3 is 0 Å². The predicted molar refractivity (Wildman–Crippen MR) is 92.5 cm³/mol. The Hall–Kier alpha value is -1.08. The largest absolute Gasteiger partial charge is 0.356 e. The number of aromatic nitrogens is 1. The molecule has 0 radical (unpaired) electrons. The summed E-state index contributed by atoms with van der Waals surface area (Å²) in [4.78, 5) is 27.1. The molecule has 0 unspecified atom stereocenters. The first-order valence-corrected chi connectivity index (χ1v) is 9.46. The van der Waals surface area contributed by atoms with Crippen molar-refractivity contribution in [3.8, 4) is 0 Å². The number of hydrogen-bond donors (Lipinski definition) is 1. The first-order chi connectivity index (χ1) is 10.7. The van der Waals surface area contributed by atoms with Crippen LogP contribution in [-0.4, -0.2) is 40.9 Å². The quantitative estimate of drug-likeness (QED) is 0.853. The second kappa shape index (κ2) is 9.15. The van der Waals surface area contributed by atoms with Gasteiger partial charge in [0.25, 0.3) is 0 Å². The first-order valence-electron chi connectivity index (χ1n) is 7.70. The van der Waals surface area contributed by atoms with E-state index in [4.69, 9.17) is 0 Å². The lowest BCUT2D eigenvalue weighted by Gasteiger charge is -2.37. The highest BCUT2D eigenvalue weighted by atomic mass is 32.2. The highest BCUT2D eigenvalue weighted by Gasteiger charge is 2.29. The summed E-state index contributed by atoms with van der Waals surface area (Å²) in [5.41, 5.74) is 0. The lowest BCUT2D eigenvalue weighted by molar-refractivity contribution is -0.110. The zero-order chi connectivity index (χ0) is 15.8. The molecular formula is C15H23N3O2S2. The third kappa shape index (κ3) is 5.61. The van der Waals surface area contributed by atoms with Crippen molar-refractivity contribution in [2.24, 2.45) is 0 Å². The molecule has 1 aliphatic heterocycles. The molecule has 22 heavy (non-hydrogen) atoms. The lowest BCUT2D eigenvalue weighted by atomic mass is 9.96. The van der Waals surface area contributed by atoms with Crippen LogP contribution in [0.3, 0.4) is 0 Å². The predicted octanol–water partition coefficient (Wildman–Crippen LogP) is 2.68. The van der Waals surface area contributed by atoms with Gasteiger partial charge in [0.15, 0.2) is 10.2 Å². The molecule has 3 rings (SSSR count). The molecule has 2 fully saturated rings. The Balaban J connectivity index is 0.000000172. The molecule has 1 N–H and O–H groups in total. The van der Waals surface area contributed by atoms with Crippen molar-refractivity contribution in [1.29, 1.82) is 0 Å². The van der Waals surface area contributed by atoms with Gasteiger partial charge in [0.2, 0.25) is 6.41 Å². The fourth-order valence-electron chi connectivity index (χ4n) is 2.64. The summed E-state index contributed by atoms with van der Waals surface area (Å²) in [6.07, 6.45) is 8.90. The van der Waals surface area contributed by atoms with Crippen LogP contribution in [0.1, 0.15) is 39.0 Å². The second-order valence-corrected chi connectivity index (χ2v) is 7.92. The Labute approximate surface area is 139 Å². The molecule has 1 aromatic heterocycles. The maximum Gasteiger partial charge on any atom is 0.207 e. The van der Waals surface area contributed by atoms with Crippen molar-refractivity contribution >= 4 is 39.8 Å². The maximum absolute atomic E-state index is 10.8. The minimum absolute atomic E-state index is 0.212. The van der Waals surface area contributed by atoms with E-state index >= 15 is 0 Å². The van der Waals surface area contributed by atoms with Gasteiger partial charge in [-0.3, -0.25) is 9.59 Å². The van der Waals surface area contributed by atoms with E-state index in [1.165, 1.54) is 43.9 Å². The van der Waals surface area contributed by atoms with Gasteiger partial charge in [0.1, 0.15) is 0 Å². The van der Waals surface area contributed by atoms with Crippen LogP contribution in [0.15, 0.2) is 11.6 Å². The van der Waals surface area contributed by atoms with Crippen molar-refractivity contribution in [2.45, 2.75) is 50.3 Å². The number of thiazole rings is 1. The van der Waals surface area contributed by atoms with E-state index in [0.717, 1.165) is 24.6 Å². The summed E-state index contributed by atoms with van der Waals surface area (Å²) in [5, 5.41) is 6.53. The molecule has 1 aromatic rings. The van der Waals surface area contributed by atoms with E-state index in [0.29, 0.717) is 11.3 Å². The number of amides is 1. The Morgan fingerprint density at radius 3 is 2.68 bits per heavy atom. The molecule has 122 valence electrons. The summed E-state index contributed by atoms with van der Waals surface area (Å²) in [7, 11) is 0. The number of carbonyl (C=O) groups is 2. The molecule has 2 aliphatic rings. The van der Waals surface area contributed by atoms with Crippen molar-refractivity contribution in [1.82, 2.24) is 10.3 Å². The summed E-state index contributed by atoms with van der Waals surface area (Å²) < 4.78 is 0.